The molecule has 0 bridgehead atoms. The predicted octanol–water partition coefficient (Wildman–Crippen LogP) is 3.95. The third kappa shape index (κ3) is 1.75. The van der Waals surface area contributed by atoms with Gasteiger partial charge < -0.3 is 4.42 Å². The van der Waals surface area contributed by atoms with Crippen molar-refractivity contribution in [2.24, 2.45) is 0 Å². The van der Waals surface area contributed by atoms with Crippen LogP contribution < -0.4 is 0 Å². The summed E-state index contributed by atoms with van der Waals surface area (Å²) in [6.07, 6.45) is 4.76. The van der Waals surface area contributed by atoms with Crippen LogP contribution in [0.5, 0.6) is 0 Å². The molecule has 0 radical (unpaired) electrons. The van der Waals surface area contributed by atoms with Crippen molar-refractivity contribution in [2.75, 3.05) is 0 Å². The number of aryl methyl sites for hydroxylation is 2. The van der Waals surface area contributed by atoms with E-state index in [1.807, 2.05) is 13.0 Å². The topological polar surface area (TPSA) is 30.2 Å². The number of carbonyl (C=O) groups excluding carboxylic acids is 1. The van der Waals surface area contributed by atoms with Crippen LogP contribution in [0.2, 0.25) is 0 Å². The number of thiophene rings is 1. The largest absolute Gasteiger partial charge is 0.461 e. The molecule has 88 valence electrons. The van der Waals surface area contributed by atoms with Gasteiger partial charge in [0.25, 0.3) is 0 Å². The van der Waals surface area contributed by atoms with Gasteiger partial charge in [-0.3, -0.25) is 4.79 Å². The first-order valence-electron chi connectivity index (χ1n) is 5.92. The monoisotopic (exact) mass is 246 g/mol. The van der Waals surface area contributed by atoms with E-state index in [0.717, 1.165) is 24.8 Å². The third-order valence-corrected chi connectivity index (χ3v) is 4.45. The fourth-order valence-corrected chi connectivity index (χ4v) is 3.53. The van der Waals surface area contributed by atoms with Crippen molar-refractivity contribution in [2.45, 2.75) is 32.1 Å². The Labute approximate surface area is 104 Å². The lowest BCUT2D eigenvalue weighted by Gasteiger charge is -2.20. The van der Waals surface area contributed by atoms with Crippen LogP contribution in [0.1, 0.15) is 45.3 Å². The Bertz CT molecular complexity index is 550. The van der Waals surface area contributed by atoms with Crippen LogP contribution in [0.4, 0.5) is 0 Å². The van der Waals surface area contributed by atoms with Crippen LogP contribution in [0.3, 0.4) is 0 Å². The molecule has 1 unspecified atom stereocenters. The van der Waals surface area contributed by atoms with Crippen LogP contribution in [0.25, 0.3) is 0 Å². The van der Waals surface area contributed by atoms with Gasteiger partial charge in [0.2, 0.25) is 5.78 Å². The van der Waals surface area contributed by atoms with E-state index in [9.17, 15) is 4.79 Å². The van der Waals surface area contributed by atoms with E-state index in [1.165, 1.54) is 10.4 Å². The zero-order chi connectivity index (χ0) is 11.8. The van der Waals surface area contributed by atoms with E-state index in [-0.39, 0.29) is 11.7 Å². The normalized spacial score (nSPS) is 19.0. The zero-order valence-corrected chi connectivity index (χ0v) is 10.5. The number of rotatable bonds is 2. The molecule has 0 aliphatic heterocycles. The van der Waals surface area contributed by atoms with Gasteiger partial charge in [-0.05, 0) is 54.8 Å². The molecule has 0 amide bonds. The summed E-state index contributed by atoms with van der Waals surface area (Å²) in [4.78, 5) is 13.8. The van der Waals surface area contributed by atoms with Crippen molar-refractivity contribution in [1.29, 1.82) is 0 Å². The predicted molar refractivity (Wildman–Crippen MR) is 67.8 cm³/mol. The molecule has 3 rings (SSSR count). The highest BCUT2D eigenvalue weighted by molar-refractivity contribution is 7.10. The van der Waals surface area contributed by atoms with Crippen LogP contribution in [0.15, 0.2) is 28.2 Å². The van der Waals surface area contributed by atoms with Gasteiger partial charge in [0.15, 0.2) is 5.76 Å². The van der Waals surface area contributed by atoms with Gasteiger partial charge >= 0.3 is 0 Å². The fraction of sp³-hybridized carbons (Fsp3) is 0.357. The van der Waals surface area contributed by atoms with E-state index in [2.05, 4.69) is 11.4 Å². The van der Waals surface area contributed by atoms with E-state index in [1.54, 1.807) is 17.6 Å². The lowest BCUT2D eigenvalue weighted by molar-refractivity contribution is 0.0923. The molecule has 0 aromatic carbocycles. The van der Waals surface area contributed by atoms with E-state index in [0.29, 0.717) is 5.76 Å². The Morgan fingerprint density at radius 2 is 2.35 bits per heavy atom. The average molecular weight is 246 g/mol. The second-order valence-electron chi connectivity index (χ2n) is 4.54. The average Bonchev–Trinajstić information content (AvgIpc) is 2.95. The quantitative estimate of drug-likeness (QED) is 0.751. The van der Waals surface area contributed by atoms with Crippen molar-refractivity contribution in [3.63, 3.8) is 0 Å². The van der Waals surface area contributed by atoms with Crippen molar-refractivity contribution in [1.82, 2.24) is 0 Å². The van der Waals surface area contributed by atoms with Gasteiger partial charge in [-0.15, -0.1) is 11.3 Å². The number of Topliss-reactive ketones (excluding diaryl/α,β-unsaturated/α-hetero) is 1. The summed E-state index contributed by atoms with van der Waals surface area (Å²) >= 11 is 1.77. The molecule has 2 aromatic heterocycles. The van der Waals surface area contributed by atoms with Crippen LogP contribution in [0, 0.1) is 6.92 Å². The summed E-state index contributed by atoms with van der Waals surface area (Å²) < 4.78 is 5.32. The Morgan fingerprint density at radius 3 is 3.12 bits per heavy atom. The molecule has 0 spiro atoms. The van der Waals surface area contributed by atoms with Gasteiger partial charge in [0, 0.05) is 4.88 Å². The summed E-state index contributed by atoms with van der Waals surface area (Å²) in [6, 6.07) is 3.95. The van der Waals surface area contributed by atoms with Crippen molar-refractivity contribution >= 4 is 17.1 Å². The van der Waals surface area contributed by atoms with Crippen molar-refractivity contribution in [3.8, 4) is 0 Å². The molecule has 2 nitrogen and oxygen atoms in total. The summed E-state index contributed by atoms with van der Waals surface area (Å²) in [7, 11) is 0. The highest BCUT2D eigenvalue weighted by Crippen LogP contribution is 2.37. The molecular formula is C14H14O2S. The minimum atomic E-state index is 0.00912. The third-order valence-electron chi connectivity index (χ3n) is 3.45. The Morgan fingerprint density at radius 1 is 1.47 bits per heavy atom. The maximum Gasteiger partial charge on any atom is 0.205 e. The summed E-state index contributed by atoms with van der Waals surface area (Å²) in [5, 5.41) is 2.09. The second-order valence-corrected chi connectivity index (χ2v) is 5.54. The second kappa shape index (κ2) is 4.15. The van der Waals surface area contributed by atoms with E-state index < -0.39 is 0 Å². The standard InChI is InChI=1S/C14H14O2S/c1-9-5-7-16-14(9)13(15)11-3-2-4-12-10(11)6-8-17-12/h5-8,11H,2-4H2,1H3. The first-order chi connectivity index (χ1) is 8.27. The molecule has 1 aliphatic carbocycles. The molecule has 1 aliphatic rings. The minimum Gasteiger partial charge on any atom is -0.461 e. The Hall–Kier alpha value is -1.35. The molecular weight excluding hydrogens is 232 g/mol. The molecule has 3 heteroatoms. The summed E-state index contributed by atoms with van der Waals surface area (Å²) in [5.41, 5.74) is 2.17. The number of ketones is 1. The summed E-state index contributed by atoms with van der Waals surface area (Å²) in [5.74, 6) is 0.691. The smallest absolute Gasteiger partial charge is 0.205 e. The number of carbonyl (C=O) groups is 1. The maximum absolute atomic E-state index is 12.5. The number of fused-ring (bicyclic) bond motifs is 1. The molecule has 0 fully saturated rings. The van der Waals surface area contributed by atoms with Gasteiger partial charge in [-0.1, -0.05) is 0 Å². The number of hydrogen-bond acceptors (Lipinski definition) is 3. The molecule has 2 heterocycles. The molecule has 0 saturated heterocycles. The van der Waals surface area contributed by atoms with Gasteiger partial charge in [0.05, 0.1) is 12.2 Å². The van der Waals surface area contributed by atoms with E-state index in [4.69, 9.17) is 4.42 Å². The zero-order valence-electron chi connectivity index (χ0n) is 9.73. The van der Waals surface area contributed by atoms with Crippen molar-refractivity contribution in [3.05, 3.63) is 45.5 Å². The number of hydrogen-bond donors (Lipinski definition) is 0. The molecule has 0 N–H and O–H groups in total. The highest BCUT2D eigenvalue weighted by atomic mass is 32.1. The fourth-order valence-electron chi connectivity index (χ4n) is 2.54. The number of furan rings is 1. The highest BCUT2D eigenvalue weighted by Gasteiger charge is 2.30. The SMILES string of the molecule is Cc1ccoc1C(=O)C1CCCc2sccc21. The molecule has 1 atom stereocenters. The Balaban J connectivity index is 1.97. The maximum atomic E-state index is 12.5. The van der Waals surface area contributed by atoms with Crippen LogP contribution in [-0.2, 0) is 6.42 Å². The molecule has 0 saturated carbocycles. The van der Waals surface area contributed by atoms with Gasteiger partial charge in [0.1, 0.15) is 0 Å². The minimum absolute atomic E-state index is 0.00912. The molecule has 2 aromatic rings. The summed E-state index contributed by atoms with van der Waals surface area (Å²) in [6.45, 7) is 1.92. The van der Waals surface area contributed by atoms with E-state index >= 15 is 0 Å². The first kappa shape index (κ1) is 10.8. The van der Waals surface area contributed by atoms with Gasteiger partial charge in [-0.2, -0.15) is 0 Å². The molecule has 17 heavy (non-hydrogen) atoms. The lowest BCUT2D eigenvalue weighted by Crippen LogP contribution is -2.17. The Kier molecular flexibility index (Phi) is 2.63. The van der Waals surface area contributed by atoms with Gasteiger partial charge in [-0.25, -0.2) is 0 Å². The van der Waals surface area contributed by atoms with Crippen LogP contribution in [-0.4, -0.2) is 5.78 Å². The van der Waals surface area contributed by atoms with Crippen molar-refractivity contribution < 1.29 is 9.21 Å². The van der Waals surface area contributed by atoms with Crippen LogP contribution >= 0.6 is 11.3 Å². The first-order valence-corrected chi connectivity index (χ1v) is 6.80. The lowest BCUT2D eigenvalue weighted by atomic mass is 9.83.